The number of ether oxygens (including phenoxy) is 3. The minimum absolute atomic E-state index is 0.0678. The molecule has 1 aliphatic heterocycles. The first-order valence-electron chi connectivity index (χ1n) is 13.6. The van der Waals surface area contributed by atoms with Crippen LogP contribution in [-0.2, 0) is 9.53 Å². The molecule has 1 aromatic heterocycles. The van der Waals surface area contributed by atoms with Crippen LogP contribution >= 0.6 is 0 Å². The lowest BCUT2D eigenvalue weighted by atomic mass is 10.1. The predicted octanol–water partition coefficient (Wildman–Crippen LogP) is 4.51. The van der Waals surface area contributed by atoms with E-state index in [2.05, 4.69) is 39.0 Å². The third kappa shape index (κ3) is 7.02. The van der Waals surface area contributed by atoms with Crippen LogP contribution in [0.4, 0.5) is 11.4 Å². The number of hydrogen-bond acceptors (Lipinski definition) is 8. The fourth-order valence-electron chi connectivity index (χ4n) is 4.78. The van der Waals surface area contributed by atoms with Crippen molar-refractivity contribution in [2.75, 3.05) is 70.4 Å². The van der Waals surface area contributed by atoms with Gasteiger partial charge in [-0.3, -0.25) is 9.59 Å². The Morgan fingerprint density at radius 1 is 0.925 bits per heavy atom. The zero-order valence-electron chi connectivity index (χ0n) is 23.8. The van der Waals surface area contributed by atoms with E-state index >= 15 is 0 Å². The Labute approximate surface area is 236 Å². The number of methoxy groups -OCH3 is 2. The first kappa shape index (κ1) is 28.7. The summed E-state index contributed by atoms with van der Waals surface area (Å²) in [7, 11) is 5.22. The SMILES string of the molecule is CCOC(=O)CCCN(C)c1ccc(N2CCN(C(=O)c3cccc(-c4ccc(OC)c(OC)c4)n3)CC2)cc1. The van der Waals surface area contributed by atoms with Gasteiger partial charge in [-0.1, -0.05) is 6.07 Å². The van der Waals surface area contributed by atoms with Gasteiger partial charge in [-0.2, -0.15) is 0 Å². The molecule has 1 fully saturated rings. The number of esters is 1. The standard InChI is InChI=1S/C31H38N4O5/c1-5-40-30(36)10-7-17-33(2)24-12-14-25(15-13-24)34-18-20-35(21-19-34)31(37)27-9-6-8-26(32-27)23-11-16-28(38-3)29(22-23)39-4/h6,8-9,11-16,22H,5,7,10,17-21H2,1-4H3. The molecule has 9 heteroatoms. The van der Waals surface area contributed by atoms with Gasteiger partial charge in [0.15, 0.2) is 11.5 Å². The van der Waals surface area contributed by atoms with E-state index in [4.69, 9.17) is 14.2 Å². The highest BCUT2D eigenvalue weighted by molar-refractivity contribution is 5.93. The fourth-order valence-corrected chi connectivity index (χ4v) is 4.78. The van der Waals surface area contributed by atoms with Crippen LogP contribution < -0.4 is 19.3 Å². The van der Waals surface area contributed by atoms with E-state index in [9.17, 15) is 9.59 Å². The molecule has 0 unspecified atom stereocenters. The summed E-state index contributed by atoms with van der Waals surface area (Å²) in [5.74, 6) is 1.04. The summed E-state index contributed by atoms with van der Waals surface area (Å²) in [5, 5.41) is 0. The molecule has 0 radical (unpaired) electrons. The largest absolute Gasteiger partial charge is 0.493 e. The van der Waals surface area contributed by atoms with Crippen LogP contribution in [0.5, 0.6) is 11.5 Å². The number of piperazine rings is 1. The maximum Gasteiger partial charge on any atom is 0.305 e. The maximum absolute atomic E-state index is 13.3. The Kier molecular flexibility index (Phi) is 9.83. The number of carbonyl (C=O) groups is 2. The second-order valence-electron chi connectivity index (χ2n) is 9.60. The van der Waals surface area contributed by atoms with E-state index < -0.39 is 0 Å². The van der Waals surface area contributed by atoms with Crippen LogP contribution in [0.2, 0.25) is 0 Å². The quantitative estimate of drug-likeness (QED) is 0.325. The number of amides is 1. The molecule has 40 heavy (non-hydrogen) atoms. The van der Waals surface area contributed by atoms with Gasteiger partial charge in [-0.15, -0.1) is 0 Å². The lowest BCUT2D eigenvalue weighted by Gasteiger charge is -2.36. The van der Waals surface area contributed by atoms with Crippen molar-refractivity contribution in [2.45, 2.75) is 19.8 Å². The third-order valence-electron chi connectivity index (χ3n) is 7.05. The summed E-state index contributed by atoms with van der Waals surface area (Å²) in [6.45, 7) is 5.75. The van der Waals surface area contributed by atoms with E-state index in [0.717, 1.165) is 43.0 Å². The lowest BCUT2D eigenvalue weighted by molar-refractivity contribution is -0.143. The highest BCUT2D eigenvalue weighted by Gasteiger charge is 2.23. The Morgan fingerprint density at radius 2 is 1.65 bits per heavy atom. The molecular formula is C31H38N4O5. The zero-order valence-corrected chi connectivity index (χ0v) is 23.8. The smallest absolute Gasteiger partial charge is 0.305 e. The molecular weight excluding hydrogens is 508 g/mol. The second-order valence-corrected chi connectivity index (χ2v) is 9.60. The molecule has 212 valence electrons. The van der Waals surface area contributed by atoms with Crippen LogP contribution in [-0.4, -0.2) is 82.4 Å². The minimum Gasteiger partial charge on any atom is -0.493 e. The van der Waals surface area contributed by atoms with Gasteiger partial charge in [0.05, 0.1) is 26.5 Å². The summed E-state index contributed by atoms with van der Waals surface area (Å²) in [5.41, 5.74) is 4.21. The van der Waals surface area contributed by atoms with E-state index in [-0.39, 0.29) is 11.9 Å². The van der Waals surface area contributed by atoms with Gasteiger partial charge in [0, 0.05) is 63.1 Å². The van der Waals surface area contributed by atoms with Crippen molar-refractivity contribution >= 4 is 23.3 Å². The van der Waals surface area contributed by atoms with Gasteiger partial charge in [-0.05, 0) is 67.9 Å². The third-order valence-corrected chi connectivity index (χ3v) is 7.05. The number of nitrogens with zero attached hydrogens (tertiary/aromatic N) is 4. The van der Waals surface area contributed by atoms with Gasteiger partial charge < -0.3 is 28.9 Å². The summed E-state index contributed by atoms with van der Waals surface area (Å²) in [6, 6.07) is 19.5. The van der Waals surface area contributed by atoms with Crippen LogP contribution in [0.15, 0.2) is 60.7 Å². The minimum atomic E-state index is -0.148. The Morgan fingerprint density at radius 3 is 2.33 bits per heavy atom. The predicted molar refractivity (Wildman–Crippen MR) is 156 cm³/mol. The van der Waals surface area contributed by atoms with Crippen LogP contribution in [0, 0.1) is 0 Å². The van der Waals surface area contributed by atoms with Gasteiger partial charge >= 0.3 is 5.97 Å². The molecule has 0 atom stereocenters. The maximum atomic E-state index is 13.3. The number of benzene rings is 2. The fraction of sp³-hybridized carbons (Fsp3) is 0.387. The summed E-state index contributed by atoms with van der Waals surface area (Å²) in [6.07, 6.45) is 1.18. The van der Waals surface area contributed by atoms with Crippen molar-refractivity contribution in [3.63, 3.8) is 0 Å². The molecule has 0 bridgehead atoms. The highest BCUT2D eigenvalue weighted by atomic mass is 16.5. The van der Waals surface area contributed by atoms with Gasteiger partial charge in [0.25, 0.3) is 5.91 Å². The zero-order chi connectivity index (χ0) is 28.5. The molecule has 1 amide bonds. The number of anilines is 2. The highest BCUT2D eigenvalue weighted by Crippen LogP contribution is 2.31. The van der Waals surface area contributed by atoms with Gasteiger partial charge in [0.2, 0.25) is 0 Å². The number of rotatable bonds is 11. The molecule has 3 aromatic rings. The Hall–Kier alpha value is -4.27. The molecule has 1 aliphatic rings. The van der Waals surface area contributed by atoms with Crippen molar-refractivity contribution in [3.8, 4) is 22.8 Å². The molecule has 0 spiro atoms. The average Bonchev–Trinajstić information content (AvgIpc) is 3.00. The van der Waals surface area contributed by atoms with Crippen molar-refractivity contribution in [3.05, 3.63) is 66.4 Å². The summed E-state index contributed by atoms with van der Waals surface area (Å²) < 4.78 is 15.7. The van der Waals surface area contributed by atoms with Crippen LogP contribution in [0.1, 0.15) is 30.3 Å². The first-order chi connectivity index (χ1) is 19.4. The van der Waals surface area contributed by atoms with Crippen LogP contribution in [0.3, 0.4) is 0 Å². The molecule has 2 heterocycles. The Bertz CT molecular complexity index is 1290. The van der Waals surface area contributed by atoms with Crippen LogP contribution in [0.25, 0.3) is 11.3 Å². The number of carbonyl (C=O) groups excluding carboxylic acids is 2. The van der Waals surface area contributed by atoms with Gasteiger partial charge in [-0.25, -0.2) is 4.98 Å². The molecule has 0 saturated carbocycles. The number of pyridine rings is 1. The topological polar surface area (TPSA) is 84.4 Å². The van der Waals surface area contributed by atoms with E-state index in [1.54, 1.807) is 20.3 Å². The van der Waals surface area contributed by atoms with Crippen molar-refractivity contribution in [1.29, 1.82) is 0 Å². The Balaban J connectivity index is 1.32. The van der Waals surface area contributed by atoms with Gasteiger partial charge in [0.1, 0.15) is 5.69 Å². The second kappa shape index (κ2) is 13.7. The number of aromatic nitrogens is 1. The van der Waals surface area contributed by atoms with E-state index in [1.807, 2.05) is 49.2 Å². The van der Waals surface area contributed by atoms with Crippen molar-refractivity contribution in [2.24, 2.45) is 0 Å². The van der Waals surface area contributed by atoms with E-state index in [0.29, 0.717) is 49.0 Å². The van der Waals surface area contributed by atoms with Crippen molar-refractivity contribution in [1.82, 2.24) is 9.88 Å². The van der Waals surface area contributed by atoms with Crippen molar-refractivity contribution < 1.29 is 23.8 Å². The molecule has 9 nitrogen and oxygen atoms in total. The molecule has 4 rings (SSSR count). The normalized spacial score (nSPS) is 13.1. The molecule has 0 N–H and O–H groups in total. The molecule has 0 aliphatic carbocycles. The average molecular weight is 547 g/mol. The molecule has 1 saturated heterocycles. The molecule has 2 aromatic carbocycles. The lowest BCUT2D eigenvalue weighted by Crippen LogP contribution is -2.49. The monoisotopic (exact) mass is 546 g/mol. The number of hydrogen-bond donors (Lipinski definition) is 0. The van der Waals surface area contributed by atoms with E-state index in [1.165, 1.54) is 0 Å². The summed E-state index contributed by atoms with van der Waals surface area (Å²) in [4.78, 5) is 35.8. The summed E-state index contributed by atoms with van der Waals surface area (Å²) >= 11 is 0. The first-order valence-corrected chi connectivity index (χ1v) is 13.6.